The molecule has 21 heavy (non-hydrogen) atoms. The third kappa shape index (κ3) is 5.85. The molecular weight excluding hydrogens is 268 g/mol. The monoisotopic (exact) mass is 290 g/mol. The average Bonchev–Trinajstić information content (AvgIpc) is 3.33. The van der Waals surface area contributed by atoms with Crippen LogP contribution in [0.4, 0.5) is 0 Å². The van der Waals surface area contributed by atoms with Crippen LogP contribution >= 0.6 is 0 Å². The Bertz CT molecular complexity index is 493. The van der Waals surface area contributed by atoms with Crippen LogP contribution in [0.1, 0.15) is 31.7 Å². The normalized spacial score (nSPS) is 14.8. The molecule has 0 unspecified atom stereocenters. The lowest BCUT2D eigenvalue weighted by molar-refractivity contribution is -0.123. The van der Waals surface area contributed by atoms with Gasteiger partial charge < -0.3 is 15.3 Å². The van der Waals surface area contributed by atoms with Gasteiger partial charge in [0.2, 0.25) is 0 Å². The number of benzene rings is 1. The predicted octanol–water partition coefficient (Wildman–Crippen LogP) is 2.37. The van der Waals surface area contributed by atoms with Gasteiger partial charge in [0.05, 0.1) is 5.71 Å². The number of hydrogen-bond donors (Lipinski definition) is 2. The van der Waals surface area contributed by atoms with Crippen LogP contribution < -0.4 is 10.1 Å². The van der Waals surface area contributed by atoms with Crippen LogP contribution in [0, 0.1) is 5.92 Å². The third-order valence-electron chi connectivity index (χ3n) is 3.52. The van der Waals surface area contributed by atoms with Gasteiger partial charge in [-0.05, 0) is 56.2 Å². The summed E-state index contributed by atoms with van der Waals surface area (Å²) < 4.78 is 5.45. The van der Waals surface area contributed by atoms with Gasteiger partial charge in [-0.1, -0.05) is 17.3 Å². The molecule has 0 saturated heterocycles. The van der Waals surface area contributed by atoms with Gasteiger partial charge >= 0.3 is 0 Å². The molecule has 5 nitrogen and oxygen atoms in total. The standard InChI is InChI=1S/C16H22N2O3/c1-12(18-20)2-3-13-6-8-15(9-7-13)21-11-16(19)17-10-14-4-5-14/h6-9,14,20H,2-5,10-11H2,1H3,(H,17,19)/b18-12+. The number of rotatable bonds is 8. The molecule has 1 fully saturated rings. The van der Waals surface area contributed by atoms with E-state index in [1.165, 1.54) is 12.8 Å². The maximum absolute atomic E-state index is 11.6. The summed E-state index contributed by atoms with van der Waals surface area (Å²) in [5, 5.41) is 14.6. The summed E-state index contributed by atoms with van der Waals surface area (Å²) >= 11 is 0. The van der Waals surface area contributed by atoms with E-state index >= 15 is 0 Å². The number of hydrogen-bond acceptors (Lipinski definition) is 4. The highest BCUT2D eigenvalue weighted by molar-refractivity contribution is 5.81. The number of ether oxygens (including phenoxy) is 1. The maximum atomic E-state index is 11.6. The second kappa shape index (κ2) is 7.67. The van der Waals surface area contributed by atoms with Crippen molar-refractivity contribution in [1.29, 1.82) is 0 Å². The quantitative estimate of drug-likeness (QED) is 0.438. The van der Waals surface area contributed by atoms with E-state index in [-0.39, 0.29) is 12.5 Å². The number of nitrogens with one attached hydrogen (secondary N) is 1. The molecule has 0 heterocycles. The second-order valence-corrected chi connectivity index (χ2v) is 5.52. The molecule has 114 valence electrons. The van der Waals surface area contributed by atoms with E-state index in [4.69, 9.17) is 9.94 Å². The van der Waals surface area contributed by atoms with Crippen LogP contribution in [-0.4, -0.2) is 30.0 Å². The smallest absolute Gasteiger partial charge is 0.257 e. The SMILES string of the molecule is C/C(CCc1ccc(OCC(=O)NCC2CC2)cc1)=N\O. The zero-order chi connectivity index (χ0) is 15.1. The fourth-order valence-corrected chi connectivity index (χ4v) is 1.91. The zero-order valence-corrected chi connectivity index (χ0v) is 12.3. The molecule has 1 saturated carbocycles. The van der Waals surface area contributed by atoms with Crippen molar-refractivity contribution in [3.63, 3.8) is 0 Å². The van der Waals surface area contributed by atoms with E-state index in [9.17, 15) is 4.79 Å². The third-order valence-corrected chi connectivity index (χ3v) is 3.52. The van der Waals surface area contributed by atoms with Crippen LogP contribution in [-0.2, 0) is 11.2 Å². The summed E-state index contributed by atoms with van der Waals surface area (Å²) in [4.78, 5) is 11.6. The summed E-state index contributed by atoms with van der Waals surface area (Å²) in [6.07, 6.45) is 3.99. The molecule has 1 amide bonds. The fraction of sp³-hybridized carbons (Fsp3) is 0.500. The van der Waals surface area contributed by atoms with Crippen molar-refractivity contribution in [2.75, 3.05) is 13.2 Å². The molecule has 1 aliphatic carbocycles. The molecule has 0 radical (unpaired) electrons. The maximum Gasteiger partial charge on any atom is 0.257 e. The van der Waals surface area contributed by atoms with Crippen molar-refractivity contribution < 1.29 is 14.7 Å². The number of oxime groups is 1. The highest BCUT2D eigenvalue weighted by Crippen LogP contribution is 2.27. The lowest BCUT2D eigenvalue weighted by atomic mass is 10.1. The van der Waals surface area contributed by atoms with Crippen molar-refractivity contribution >= 4 is 11.6 Å². The van der Waals surface area contributed by atoms with E-state index < -0.39 is 0 Å². The van der Waals surface area contributed by atoms with E-state index in [1.807, 2.05) is 24.3 Å². The van der Waals surface area contributed by atoms with Gasteiger partial charge in [0.25, 0.3) is 5.91 Å². The minimum Gasteiger partial charge on any atom is -0.484 e. The molecule has 0 atom stereocenters. The Hall–Kier alpha value is -2.04. The Morgan fingerprint density at radius 1 is 1.38 bits per heavy atom. The number of amides is 1. The van der Waals surface area contributed by atoms with Crippen molar-refractivity contribution in [1.82, 2.24) is 5.32 Å². The van der Waals surface area contributed by atoms with Crippen molar-refractivity contribution in [3.05, 3.63) is 29.8 Å². The molecule has 2 rings (SSSR count). The Kier molecular flexibility index (Phi) is 5.60. The zero-order valence-electron chi connectivity index (χ0n) is 12.3. The van der Waals surface area contributed by atoms with Crippen molar-refractivity contribution in [3.8, 4) is 5.75 Å². The summed E-state index contributed by atoms with van der Waals surface area (Å²) in [7, 11) is 0. The van der Waals surface area contributed by atoms with Gasteiger partial charge in [-0.2, -0.15) is 0 Å². The predicted molar refractivity (Wildman–Crippen MR) is 80.9 cm³/mol. The van der Waals surface area contributed by atoms with Gasteiger partial charge in [-0.25, -0.2) is 0 Å². The van der Waals surface area contributed by atoms with Gasteiger partial charge in [0, 0.05) is 6.54 Å². The van der Waals surface area contributed by atoms with Crippen molar-refractivity contribution in [2.24, 2.45) is 11.1 Å². The first-order valence-electron chi connectivity index (χ1n) is 7.33. The number of carbonyl (C=O) groups excluding carboxylic acids is 1. The van der Waals surface area contributed by atoms with Crippen LogP contribution in [0.3, 0.4) is 0 Å². The fourth-order valence-electron chi connectivity index (χ4n) is 1.91. The summed E-state index contributed by atoms with van der Waals surface area (Å²) in [6.45, 7) is 2.62. The lowest BCUT2D eigenvalue weighted by Gasteiger charge is -2.08. The molecule has 5 heteroatoms. The first-order valence-corrected chi connectivity index (χ1v) is 7.33. The molecule has 0 spiro atoms. The first-order chi connectivity index (χ1) is 10.2. The van der Waals surface area contributed by atoms with Gasteiger partial charge in [0.15, 0.2) is 6.61 Å². The molecule has 0 aliphatic heterocycles. The van der Waals surface area contributed by atoms with E-state index in [0.717, 1.165) is 24.9 Å². The van der Waals surface area contributed by atoms with Crippen LogP contribution in [0.2, 0.25) is 0 Å². The molecule has 1 aliphatic rings. The number of aryl methyl sites for hydroxylation is 1. The van der Waals surface area contributed by atoms with Crippen LogP contribution in [0.25, 0.3) is 0 Å². The van der Waals surface area contributed by atoms with Gasteiger partial charge in [-0.3, -0.25) is 4.79 Å². The Labute approximate surface area is 125 Å². The first kappa shape index (κ1) is 15.4. The summed E-state index contributed by atoms with van der Waals surface area (Å²) in [5.41, 5.74) is 1.85. The minimum atomic E-state index is -0.0687. The highest BCUT2D eigenvalue weighted by Gasteiger charge is 2.21. The molecule has 1 aromatic carbocycles. The molecule has 2 N–H and O–H groups in total. The molecular formula is C16H22N2O3. The van der Waals surface area contributed by atoms with E-state index in [2.05, 4.69) is 10.5 Å². The average molecular weight is 290 g/mol. The molecule has 0 aromatic heterocycles. The van der Waals surface area contributed by atoms with Crippen LogP contribution in [0.5, 0.6) is 5.75 Å². The highest BCUT2D eigenvalue weighted by atomic mass is 16.5. The van der Waals surface area contributed by atoms with Gasteiger partial charge in [0.1, 0.15) is 5.75 Å². The number of nitrogens with zero attached hydrogens (tertiary/aromatic N) is 1. The lowest BCUT2D eigenvalue weighted by Crippen LogP contribution is -2.30. The summed E-state index contributed by atoms with van der Waals surface area (Å²) in [5.74, 6) is 1.30. The second-order valence-electron chi connectivity index (χ2n) is 5.52. The minimum absolute atomic E-state index is 0.0579. The van der Waals surface area contributed by atoms with E-state index in [1.54, 1.807) is 6.92 Å². The molecule has 1 aromatic rings. The molecule has 0 bridgehead atoms. The largest absolute Gasteiger partial charge is 0.484 e. The Morgan fingerprint density at radius 3 is 2.71 bits per heavy atom. The Balaban J connectivity index is 1.69. The Morgan fingerprint density at radius 2 is 2.10 bits per heavy atom. The van der Waals surface area contributed by atoms with Crippen LogP contribution in [0.15, 0.2) is 29.4 Å². The topological polar surface area (TPSA) is 70.9 Å². The number of carbonyl (C=O) groups is 1. The summed E-state index contributed by atoms with van der Waals surface area (Å²) in [6, 6.07) is 7.63. The van der Waals surface area contributed by atoms with Crippen molar-refractivity contribution in [2.45, 2.75) is 32.6 Å². The van der Waals surface area contributed by atoms with Gasteiger partial charge in [-0.15, -0.1) is 0 Å². The van der Waals surface area contributed by atoms with E-state index in [0.29, 0.717) is 17.4 Å².